The van der Waals surface area contributed by atoms with Gasteiger partial charge in [0.15, 0.2) is 0 Å². The second kappa shape index (κ2) is 8.33. The van der Waals surface area contributed by atoms with Crippen molar-refractivity contribution in [2.45, 2.75) is 85.3 Å². The molecule has 0 spiro atoms. The maximum Gasteiger partial charge on any atom is 0.225 e. The molecular weight excluding hydrogens is 352 g/mol. The van der Waals surface area contributed by atoms with Gasteiger partial charge in [0.05, 0.1) is 6.10 Å². The minimum atomic E-state index is -0.479. The van der Waals surface area contributed by atoms with Crippen LogP contribution in [-0.4, -0.2) is 47.1 Å². The number of aliphatic hydroxyl groups excluding tert-OH is 1. The quantitative estimate of drug-likeness (QED) is 0.775. The van der Waals surface area contributed by atoms with E-state index in [-0.39, 0.29) is 46.9 Å². The average Bonchev–Trinajstić information content (AvgIpc) is 2.63. The van der Waals surface area contributed by atoms with Crippen LogP contribution in [0.3, 0.4) is 0 Å². The van der Waals surface area contributed by atoms with Crippen molar-refractivity contribution in [1.29, 1.82) is 0 Å². The minimum Gasteiger partial charge on any atom is -0.392 e. The van der Waals surface area contributed by atoms with E-state index in [2.05, 4.69) is 26.1 Å². The highest BCUT2D eigenvalue weighted by atomic mass is 16.3. The molecule has 5 nitrogen and oxygen atoms in total. The van der Waals surface area contributed by atoms with Crippen LogP contribution >= 0.6 is 0 Å². The summed E-state index contributed by atoms with van der Waals surface area (Å²) in [6.45, 7) is 12.0. The Kier molecular flexibility index (Phi) is 6.43. The van der Waals surface area contributed by atoms with E-state index < -0.39 is 6.10 Å². The van der Waals surface area contributed by atoms with Gasteiger partial charge in [-0.05, 0) is 67.6 Å². The fourth-order valence-corrected chi connectivity index (χ4v) is 6.46. The first-order chi connectivity index (χ1) is 13.1. The van der Waals surface area contributed by atoms with E-state index in [0.717, 1.165) is 51.6 Å². The summed E-state index contributed by atoms with van der Waals surface area (Å²) < 4.78 is 0. The first-order valence-corrected chi connectivity index (χ1v) is 11.4. The van der Waals surface area contributed by atoms with Crippen LogP contribution in [0.15, 0.2) is 0 Å². The number of piperidine rings is 1. The third kappa shape index (κ3) is 4.10. The lowest BCUT2D eigenvalue weighted by molar-refractivity contribution is -0.151. The first-order valence-electron chi connectivity index (χ1n) is 11.4. The Labute approximate surface area is 170 Å². The largest absolute Gasteiger partial charge is 0.392 e. The predicted molar refractivity (Wildman–Crippen MR) is 110 cm³/mol. The first kappa shape index (κ1) is 21.6. The summed E-state index contributed by atoms with van der Waals surface area (Å²) in [5, 5.41) is 14.5. The maximum atomic E-state index is 13.1. The molecule has 2 aliphatic carbocycles. The Bertz CT molecular complexity index is 586. The number of fused-ring (bicyclic) bond motifs is 1. The lowest BCUT2D eigenvalue weighted by atomic mass is 9.51. The zero-order valence-corrected chi connectivity index (χ0v) is 18.4. The SMILES string of the molecule is CC(=O)N[C@H]1CC[C@]2(C)CCC([C@H](C)C(=O)N3CCC(C)CC3)[C@H](O)[C@H]2[C@@H]1C. The van der Waals surface area contributed by atoms with Crippen molar-refractivity contribution in [3.8, 4) is 0 Å². The predicted octanol–water partition coefficient (Wildman–Crippen LogP) is 3.21. The standard InChI is InChI=1S/C23H40N2O3/c1-14-8-12-25(13-9-14)22(28)15(2)18-6-10-23(5)11-7-19(24-17(4)26)16(3)20(23)21(18)27/h14-16,18-21,27H,6-13H2,1-5H3,(H,24,26)/t15-,16+,18?,19-,20+,21-,23-/m0/s1. The number of amides is 2. The molecule has 0 bridgehead atoms. The lowest BCUT2D eigenvalue weighted by Gasteiger charge is -2.56. The van der Waals surface area contributed by atoms with Crippen LogP contribution < -0.4 is 5.32 Å². The maximum absolute atomic E-state index is 13.1. The lowest BCUT2D eigenvalue weighted by Crippen LogP contribution is -2.58. The molecule has 2 N–H and O–H groups in total. The highest BCUT2D eigenvalue weighted by Gasteiger charge is 2.54. The van der Waals surface area contributed by atoms with Crippen molar-refractivity contribution in [3.63, 3.8) is 0 Å². The highest BCUT2D eigenvalue weighted by molar-refractivity contribution is 5.79. The topological polar surface area (TPSA) is 69.6 Å². The van der Waals surface area contributed by atoms with Gasteiger partial charge in [-0.3, -0.25) is 9.59 Å². The highest BCUT2D eigenvalue weighted by Crippen LogP contribution is 2.55. The molecule has 0 radical (unpaired) electrons. The van der Waals surface area contributed by atoms with Crippen molar-refractivity contribution in [2.24, 2.45) is 35.0 Å². The summed E-state index contributed by atoms with van der Waals surface area (Å²) in [5.74, 6) is 1.16. The molecule has 1 aliphatic heterocycles. The minimum absolute atomic E-state index is 0.00479. The number of nitrogens with zero attached hydrogens (tertiary/aromatic N) is 1. The van der Waals surface area contributed by atoms with Gasteiger partial charge in [0.25, 0.3) is 0 Å². The summed E-state index contributed by atoms with van der Waals surface area (Å²) >= 11 is 0. The molecule has 3 rings (SSSR count). The fourth-order valence-electron chi connectivity index (χ4n) is 6.46. The van der Waals surface area contributed by atoms with Crippen LogP contribution in [0.4, 0.5) is 0 Å². The van der Waals surface area contributed by atoms with E-state index >= 15 is 0 Å². The van der Waals surface area contributed by atoms with Gasteiger partial charge in [-0.2, -0.15) is 0 Å². The van der Waals surface area contributed by atoms with E-state index in [1.54, 1.807) is 6.92 Å². The van der Waals surface area contributed by atoms with Crippen LogP contribution in [0, 0.1) is 35.0 Å². The van der Waals surface area contributed by atoms with E-state index in [1.165, 1.54) is 0 Å². The molecule has 3 aliphatic rings. The van der Waals surface area contributed by atoms with Gasteiger partial charge >= 0.3 is 0 Å². The number of likely N-dealkylation sites (tertiary alicyclic amines) is 1. The van der Waals surface area contributed by atoms with Gasteiger partial charge < -0.3 is 15.3 Å². The second-order valence-electron chi connectivity index (χ2n) is 10.4. The monoisotopic (exact) mass is 392 g/mol. The Hall–Kier alpha value is -1.10. The van der Waals surface area contributed by atoms with Gasteiger partial charge in [-0.25, -0.2) is 0 Å². The van der Waals surface area contributed by atoms with Gasteiger partial charge in [0, 0.05) is 32.0 Å². The Morgan fingerprint density at radius 3 is 2.32 bits per heavy atom. The van der Waals surface area contributed by atoms with Crippen LogP contribution in [-0.2, 0) is 9.59 Å². The van der Waals surface area contributed by atoms with Crippen molar-refractivity contribution in [2.75, 3.05) is 13.1 Å². The van der Waals surface area contributed by atoms with Crippen LogP contribution in [0.2, 0.25) is 0 Å². The van der Waals surface area contributed by atoms with Gasteiger partial charge in [-0.1, -0.05) is 27.7 Å². The summed E-state index contributed by atoms with van der Waals surface area (Å²) in [5.41, 5.74) is 0.105. The zero-order valence-electron chi connectivity index (χ0n) is 18.4. The summed E-state index contributed by atoms with van der Waals surface area (Å²) in [4.78, 5) is 26.8. The molecule has 2 amide bonds. The third-order valence-electron chi connectivity index (χ3n) is 8.40. The molecule has 0 aromatic heterocycles. The molecule has 2 saturated carbocycles. The molecule has 0 aromatic carbocycles. The Balaban J connectivity index is 1.72. The molecule has 7 atom stereocenters. The summed E-state index contributed by atoms with van der Waals surface area (Å²) in [7, 11) is 0. The molecule has 1 saturated heterocycles. The normalized spacial score (nSPS) is 40.5. The molecule has 160 valence electrons. The summed E-state index contributed by atoms with van der Waals surface area (Å²) in [6, 6.07) is 0.124. The van der Waals surface area contributed by atoms with Gasteiger partial charge in [-0.15, -0.1) is 0 Å². The van der Waals surface area contributed by atoms with Crippen LogP contribution in [0.1, 0.15) is 73.1 Å². The average molecular weight is 393 g/mol. The number of carbonyl (C=O) groups excluding carboxylic acids is 2. The number of aliphatic hydroxyl groups is 1. The van der Waals surface area contributed by atoms with Crippen molar-refractivity contribution < 1.29 is 14.7 Å². The van der Waals surface area contributed by atoms with Gasteiger partial charge in [0.2, 0.25) is 11.8 Å². The number of rotatable bonds is 3. The Morgan fingerprint density at radius 2 is 1.71 bits per heavy atom. The smallest absolute Gasteiger partial charge is 0.225 e. The van der Waals surface area contributed by atoms with Crippen molar-refractivity contribution in [3.05, 3.63) is 0 Å². The van der Waals surface area contributed by atoms with Crippen LogP contribution in [0.5, 0.6) is 0 Å². The van der Waals surface area contributed by atoms with Crippen LogP contribution in [0.25, 0.3) is 0 Å². The fraction of sp³-hybridized carbons (Fsp3) is 0.913. The van der Waals surface area contributed by atoms with E-state index in [1.807, 2.05) is 11.8 Å². The van der Waals surface area contributed by atoms with E-state index in [0.29, 0.717) is 5.92 Å². The number of hydrogen-bond donors (Lipinski definition) is 2. The molecule has 1 unspecified atom stereocenters. The second-order valence-corrected chi connectivity index (χ2v) is 10.4. The molecule has 3 fully saturated rings. The van der Waals surface area contributed by atoms with Crippen molar-refractivity contribution in [1.82, 2.24) is 10.2 Å². The number of hydrogen-bond acceptors (Lipinski definition) is 3. The third-order valence-corrected chi connectivity index (χ3v) is 8.40. The molecule has 0 aromatic rings. The zero-order chi connectivity index (χ0) is 20.6. The van der Waals surface area contributed by atoms with E-state index in [4.69, 9.17) is 0 Å². The van der Waals surface area contributed by atoms with Gasteiger partial charge in [0.1, 0.15) is 0 Å². The Morgan fingerprint density at radius 1 is 1.11 bits per heavy atom. The number of carbonyl (C=O) groups is 2. The van der Waals surface area contributed by atoms with E-state index in [9.17, 15) is 14.7 Å². The number of nitrogens with one attached hydrogen (secondary N) is 1. The summed E-state index contributed by atoms with van der Waals surface area (Å²) in [6.07, 6.45) is 5.68. The molecular formula is C23H40N2O3. The molecule has 1 heterocycles. The van der Waals surface area contributed by atoms with Crippen molar-refractivity contribution >= 4 is 11.8 Å². The molecule has 28 heavy (non-hydrogen) atoms. The molecule has 5 heteroatoms.